The number of nitriles is 2. The van der Waals surface area contributed by atoms with Gasteiger partial charge < -0.3 is 9.47 Å². The molecule has 72 valence electrons. The zero-order chi connectivity index (χ0) is 9.94. The summed E-state index contributed by atoms with van der Waals surface area (Å²) in [7, 11) is 0. The van der Waals surface area contributed by atoms with Crippen LogP contribution < -0.4 is 0 Å². The average molecular weight is 182 g/mol. The van der Waals surface area contributed by atoms with Crippen molar-refractivity contribution in [1.82, 2.24) is 0 Å². The summed E-state index contributed by atoms with van der Waals surface area (Å²) in [6.07, 6.45) is 6.76. The summed E-state index contributed by atoms with van der Waals surface area (Å²) in [4.78, 5) is 0. The highest BCUT2D eigenvalue weighted by molar-refractivity contribution is 4.61. The lowest BCUT2D eigenvalue weighted by Crippen LogP contribution is -2.08. The predicted octanol–water partition coefficient (Wildman–Crippen LogP) is 1.93. The maximum atomic E-state index is 8.27. The molecule has 0 fully saturated rings. The van der Waals surface area contributed by atoms with Crippen molar-refractivity contribution < 1.29 is 9.47 Å². The Bertz CT molecular complexity index is 193. The van der Waals surface area contributed by atoms with Gasteiger partial charge in [-0.2, -0.15) is 10.5 Å². The second kappa shape index (κ2) is 8.67. The molecule has 13 heavy (non-hydrogen) atoms. The van der Waals surface area contributed by atoms with Crippen LogP contribution in [0.2, 0.25) is 0 Å². The van der Waals surface area contributed by atoms with Gasteiger partial charge >= 0.3 is 0 Å². The topological polar surface area (TPSA) is 66.0 Å². The van der Waals surface area contributed by atoms with Gasteiger partial charge in [-0.05, 0) is 25.7 Å². The Morgan fingerprint density at radius 1 is 1.23 bits per heavy atom. The van der Waals surface area contributed by atoms with Gasteiger partial charge in [0.2, 0.25) is 0 Å². The molecule has 0 saturated carbocycles. The first-order chi connectivity index (χ1) is 6.35. The van der Waals surface area contributed by atoms with E-state index < -0.39 is 0 Å². The van der Waals surface area contributed by atoms with Crippen LogP contribution in [0.5, 0.6) is 0 Å². The molecule has 0 heterocycles. The molecule has 0 bridgehead atoms. The summed E-state index contributed by atoms with van der Waals surface area (Å²) in [5.41, 5.74) is 0. The largest absolute Gasteiger partial charge is 0.428 e. The fraction of sp³-hybridized carbons (Fsp3) is 0.778. The summed E-state index contributed by atoms with van der Waals surface area (Å²) in [6.45, 7) is 2.44. The van der Waals surface area contributed by atoms with Gasteiger partial charge in [0.25, 0.3) is 12.5 Å². The number of ether oxygens (including phenoxy) is 2. The van der Waals surface area contributed by atoms with Gasteiger partial charge in [-0.15, -0.1) is 0 Å². The van der Waals surface area contributed by atoms with Crippen LogP contribution in [0.1, 0.15) is 32.6 Å². The molecule has 0 aromatic rings. The zero-order valence-corrected chi connectivity index (χ0v) is 7.82. The van der Waals surface area contributed by atoms with Crippen molar-refractivity contribution in [2.24, 2.45) is 0 Å². The summed E-state index contributed by atoms with van der Waals surface area (Å²) >= 11 is 0. The monoisotopic (exact) mass is 182 g/mol. The first-order valence-corrected chi connectivity index (χ1v) is 4.40. The van der Waals surface area contributed by atoms with E-state index in [0.717, 1.165) is 25.7 Å². The Morgan fingerprint density at radius 3 is 2.54 bits per heavy atom. The lowest BCUT2D eigenvalue weighted by Gasteiger charge is -2.10. The van der Waals surface area contributed by atoms with E-state index in [9.17, 15) is 0 Å². The number of hydrogen-bond donors (Lipinski definition) is 0. The highest BCUT2D eigenvalue weighted by atomic mass is 16.5. The Morgan fingerprint density at radius 2 is 2.00 bits per heavy atom. The first kappa shape index (κ1) is 11.6. The molecule has 0 radical (unpaired) electrons. The van der Waals surface area contributed by atoms with Crippen molar-refractivity contribution >= 4 is 0 Å². The van der Waals surface area contributed by atoms with Crippen LogP contribution in [0.4, 0.5) is 0 Å². The second-order valence-corrected chi connectivity index (χ2v) is 2.67. The number of rotatable bonds is 7. The Hall–Kier alpha value is -1.42. The molecular formula is C9H14N2O2. The van der Waals surface area contributed by atoms with Crippen LogP contribution in [0.25, 0.3) is 0 Å². The maximum absolute atomic E-state index is 8.27. The lowest BCUT2D eigenvalue weighted by molar-refractivity contribution is 0.141. The normalized spacial score (nSPS) is 11.0. The van der Waals surface area contributed by atoms with Gasteiger partial charge in [0.1, 0.15) is 12.7 Å². The smallest absolute Gasteiger partial charge is 0.286 e. The van der Waals surface area contributed by atoms with Crippen LogP contribution in [0.15, 0.2) is 0 Å². The van der Waals surface area contributed by atoms with E-state index in [4.69, 9.17) is 15.3 Å². The van der Waals surface area contributed by atoms with Crippen LogP contribution in [-0.4, -0.2) is 12.7 Å². The molecular weight excluding hydrogens is 168 g/mol. The van der Waals surface area contributed by atoms with E-state index in [1.54, 1.807) is 12.5 Å². The van der Waals surface area contributed by atoms with E-state index >= 15 is 0 Å². The number of nitrogens with zero attached hydrogens (tertiary/aromatic N) is 2. The zero-order valence-electron chi connectivity index (χ0n) is 7.82. The Balaban J connectivity index is 3.30. The van der Waals surface area contributed by atoms with Crippen LogP contribution in [-0.2, 0) is 9.47 Å². The maximum Gasteiger partial charge on any atom is 0.286 e. The van der Waals surface area contributed by atoms with Crippen LogP contribution in [0.3, 0.4) is 0 Å². The molecule has 0 amide bonds. The number of unbranched alkanes of at least 4 members (excludes halogenated alkanes) is 1. The molecule has 0 N–H and O–H groups in total. The molecule has 0 aliphatic heterocycles. The molecule has 0 saturated heterocycles. The minimum atomic E-state index is 0.0204. The Kier molecular flexibility index (Phi) is 7.73. The minimum Gasteiger partial charge on any atom is -0.428 e. The molecule has 0 spiro atoms. The fourth-order valence-corrected chi connectivity index (χ4v) is 1.01. The highest BCUT2D eigenvalue weighted by Crippen LogP contribution is 2.07. The van der Waals surface area contributed by atoms with E-state index in [1.165, 1.54) is 0 Å². The van der Waals surface area contributed by atoms with Crippen molar-refractivity contribution in [3.8, 4) is 12.5 Å². The second-order valence-electron chi connectivity index (χ2n) is 2.67. The molecule has 0 aliphatic carbocycles. The molecule has 0 rings (SSSR count). The van der Waals surface area contributed by atoms with Gasteiger partial charge in [-0.1, -0.05) is 6.92 Å². The van der Waals surface area contributed by atoms with Crippen molar-refractivity contribution in [3.63, 3.8) is 0 Å². The molecule has 0 aliphatic rings. The van der Waals surface area contributed by atoms with Gasteiger partial charge in [-0.3, -0.25) is 0 Å². The highest BCUT2D eigenvalue weighted by Gasteiger charge is 2.05. The lowest BCUT2D eigenvalue weighted by atomic mass is 10.1. The van der Waals surface area contributed by atoms with E-state index in [1.807, 2.05) is 6.92 Å². The summed E-state index contributed by atoms with van der Waals surface area (Å²) in [5, 5.41) is 16.3. The molecule has 4 nitrogen and oxygen atoms in total. The fourth-order valence-electron chi connectivity index (χ4n) is 1.01. The third kappa shape index (κ3) is 6.96. The molecule has 0 aromatic carbocycles. The first-order valence-electron chi connectivity index (χ1n) is 4.40. The Labute approximate surface area is 78.7 Å². The van der Waals surface area contributed by atoms with E-state index in [2.05, 4.69) is 4.74 Å². The molecule has 0 aromatic heterocycles. The van der Waals surface area contributed by atoms with Gasteiger partial charge in [-0.25, -0.2) is 0 Å². The molecule has 4 heteroatoms. The van der Waals surface area contributed by atoms with Gasteiger partial charge in [0.05, 0.1) is 0 Å². The quantitative estimate of drug-likeness (QED) is 0.445. The SMILES string of the molecule is CCC(CCCCOC#N)OC#N. The number of hydrogen-bond acceptors (Lipinski definition) is 4. The van der Waals surface area contributed by atoms with E-state index in [0.29, 0.717) is 6.61 Å². The van der Waals surface area contributed by atoms with E-state index in [-0.39, 0.29) is 6.10 Å². The summed E-state index contributed by atoms with van der Waals surface area (Å²) in [5.74, 6) is 0. The van der Waals surface area contributed by atoms with Crippen molar-refractivity contribution in [1.29, 1.82) is 10.5 Å². The summed E-state index contributed by atoms with van der Waals surface area (Å²) < 4.78 is 9.31. The average Bonchev–Trinajstić information content (AvgIpc) is 2.16. The third-order valence-electron chi connectivity index (χ3n) is 1.76. The molecule has 1 atom stereocenters. The van der Waals surface area contributed by atoms with Crippen LogP contribution >= 0.6 is 0 Å². The van der Waals surface area contributed by atoms with Crippen molar-refractivity contribution in [2.45, 2.75) is 38.7 Å². The van der Waals surface area contributed by atoms with Crippen molar-refractivity contribution in [3.05, 3.63) is 0 Å². The minimum absolute atomic E-state index is 0.0204. The van der Waals surface area contributed by atoms with Crippen LogP contribution in [0, 0.1) is 23.0 Å². The van der Waals surface area contributed by atoms with Gasteiger partial charge in [0.15, 0.2) is 0 Å². The third-order valence-corrected chi connectivity index (χ3v) is 1.76. The summed E-state index contributed by atoms with van der Waals surface area (Å²) in [6, 6.07) is 0. The predicted molar refractivity (Wildman–Crippen MR) is 46.2 cm³/mol. The van der Waals surface area contributed by atoms with Gasteiger partial charge in [0, 0.05) is 0 Å². The standard InChI is InChI=1S/C9H14N2O2/c1-2-9(13-8-11)5-3-4-6-12-7-10/h9H,2-6H2,1H3. The molecule has 1 unspecified atom stereocenters. The van der Waals surface area contributed by atoms with Crippen molar-refractivity contribution in [2.75, 3.05) is 6.61 Å².